The molecular weight excluding hydrogens is 234 g/mol. The number of hydrogen-bond acceptors (Lipinski definition) is 2. The molecule has 0 aliphatic rings. The van der Waals surface area contributed by atoms with E-state index in [0.717, 1.165) is 5.56 Å². The van der Waals surface area contributed by atoms with Crippen LogP contribution >= 0.6 is 0 Å². The number of halogens is 2. The number of hydrogen-bond donors (Lipinski definition) is 0. The lowest BCUT2D eigenvalue weighted by atomic mass is 9.88. The highest BCUT2D eigenvalue weighted by molar-refractivity contribution is 7.86. The van der Waals surface area contributed by atoms with Crippen LogP contribution in [0.25, 0.3) is 0 Å². The minimum absolute atomic E-state index is 0.348. The molecule has 2 nitrogen and oxygen atoms in total. The second-order valence-electron chi connectivity index (χ2n) is 4.65. The van der Waals surface area contributed by atoms with Gasteiger partial charge in [0.25, 0.3) is 0 Å². The van der Waals surface area contributed by atoms with Gasteiger partial charge in [-0.15, -0.1) is 3.89 Å². The lowest BCUT2D eigenvalue weighted by Gasteiger charge is -2.22. The molecule has 0 aliphatic carbocycles. The zero-order chi connectivity index (χ0) is 12.4. The van der Waals surface area contributed by atoms with E-state index >= 15 is 0 Å². The summed E-state index contributed by atoms with van der Waals surface area (Å²) in [5.41, 5.74) is 0.0841. The summed E-state index contributed by atoms with van der Waals surface area (Å²) in [5, 5.41) is 0. The highest BCUT2D eigenvalue weighted by Gasteiger charge is 2.26. The molecular formula is C11H14F2O2S. The summed E-state index contributed by atoms with van der Waals surface area (Å²) in [7, 11) is -4.48. The Kier molecular flexibility index (Phi) is 3.68. The second-order valence-corrected chi connectivity index (χ2v) is 6.02. The second kappa shape index (κ2) is 4.49. The normalized spacial score (nSPS) is 12.8. The fourth-order valence-corrected chi connectivity index (χ4v) is 2.71. The van der Waals surface area contributed by atoms with Crippen LogP contribution in [-0.2, 0) is 16.6 Å². The van der Waals surface area contributed by atoms with Gasteiger partial charge in [0.2, 0.25) is 0 Å². The molecule has 0 bridgehead atoms. The maximum atomic E-state index is 12.6. The van der Waals surface area contributed by atoms with Crippen LogP contribution in [0.5, 0.6) is 0 Å². The summed E-state index contributed by atoms with van der Waals surface area (Å²) >= 11 is 0. The third-order valence-corrected chi connectivity index (χ3v) is 3.29. The molecule has 0 N–H and O–H groups in total. The van der Waals surface area contributed by atoms with Gasteiger partial charge in [0.1, 0.15) is 5.82 Å². The number of benzene rings is 1. The Morgan fingerprint density at radius 1 is 1.19 bits per heavy atom. The van der Waals surface area contributed by atoms with Crippen molar-refractivity contribution in [1.29, 1.82) is 0 Å². The predicted molar refractivity (Wildman–Crippen MR) is 58.8 cm³/mol. The Balaban J connectivity index is 2.76. The van der Waals surface area contributed by atoms with Gasteiger partial charge in [-0.05, 0) is 29.5 Å². The molecule has 1 aromatic rings. The number of rotatable bonds is 4. The highest BCUT2D eigenvalue weighted by Crippen LogP contribution is 2.24. The summed E-state index contributed by atoms with van der Waals surface area (Å²) in [6.07, 6.45) is 0.385. The van der Waals surface area contributed by atoms with Crippen molar-refractivity contribution in [3.63, 3.8) is 0 Å². The predicted octanol–water partition coefficient (Wildman–Crippen LogP) is 2.69. The monoisotopic (exact) mass is 248 g/mol. The lowest BCUT2D eigenvalue weighted by Crippen LogP contribution is -2.24. The minimum atomic E-state index is -4.48. The van der Waals surface area contributed by atoms with Gasteiger partial charge < -0.3 is 0 Å². The van der Waals surface area contributed by atoms with Crippen molar-refractivity contribution in [2.45, 2.75) is 20.3 Å². The highest BCUT2D eigenvalue weighted by atomic mass is 32.3. The molecule has 0 heterocycles. The minimum Gasteiger partial charge on any atom is -0.207 e. The van der Waals surface area contributed by atoms with E-state index in [1.165, 1.54) is 12.1 Å². The van der Waals surface area contributed by atoms with Crippen LogP contribution in [0.1, 0.15) is 19.4 Å². The maximum Gasteiger partial charge on any atom is 0.302 e. The first-order chi connectivity index (χ1) is 7.18. The van der Waals surface area contributed by atoms with Crippen LogP contribution < -0.4 is 0 Å². The average Bonchev–Trinajstić information content (AvgIpc) is 2.04. The molecule has 1 aromatic carbocycles. The van der Waals surface area contributed by atoms with Crippen LogP contribution in [0, 0.1) is 11.2 Å². The maximum absolute atomic E-state index is 12.6. The average molecular weight is 248 g/mol. The fourth-order valence-electron chi connectivity index (χ4n) is 1.67. The van der Waals surface area contributed by atoms with Crippen LogP contribution in [0.3, 0.4) is 0 Å². The molecule has 5 heteroatoms. The van der Waals surface area contributed by atoms with Gasteiger partial charge in [-0.1, -0.05) is 26.0 Å². The first-order valence-electron chi connectivity index (χ1n) is 4.85. The zero-order valence-electron chi connectivity index (χ0n) is 9.20. The van der Waals surface area contributed by atoms with Gasteiger partial charge in [0.15, 0.2) is 0 Å². The third kappa shape index (κ3) is 4.70. The lowest BCUT2D eigenvalue weighted by molar-refractivity contribution is 0.401. The van der Waals surface area contributed by atoms with Gasteiger partial charge in [-0.3, -0.25) is 0 Å². The SMILES string of the molecule is CC(C)(Cc1ccc(F)cc1)CS(=O)(=O)F. The zero-order valence-corrected chi connectivity index (χ0v) is 10.0. The molecule has 0 aromatic heterocycles. The first-order valence-corrected chi connectivity index (χ1v) is 6.40. The van der Waals surface area contributed by atoms with Crippen molar-refractivity contribution in [1.82, 2.24) is 0 Å². The summed E-state index contributed by atoms with van der Waals surface area (Å²) in [6.45, 7) is 3.32. The van der Waals surface area contributed by atoms with E-state index in [-0.39, 0.29) is 5.82 Å². The van der Waals surface area contributed by atoms with Crippen LogP contribution in [0.15, 0.2) is 24.3 Å². The van der Waals surface area contributed by atoms with E-state index in [1.807, 2.05) is 0 Å². The molecule has 1 rings (SSSR count). The van der Waals surface area contributed by atoms with E-state index in [9.17, 15) is 16.7 Å². The molecule has 90 valence electrons. The van der Waals surface area contributed by atoms with Crippen molar-refractivity contribution < 1.29 is 16.7 Å². The standard InChI is InChI=1S/C11H14F2O2S/c1-11(2,8-16(13,14)15)7-9-3-5-10(12)6-4-9/h3-6H,7-8H2,1-2H3. The van der Waals surface area contributed by atoms with Gasteiger partial charge in [0, 0.05) is 0 Å². The Morgan fingerprint density at radius 3 is 2.12 bits per heavy atom. The Bertz CT molecular complexity index is 449. The van der Waals surface area contributed by atoms with Gasteiger partial charge in [-0.2, -0.15) is 8.42 Å². The van der Waals surface area contributed by atoms with E-state index in [4.69, 9.17) is 0 Å². The fraction of sp³-hybridized carbons (Fsp3) is 0.455. The summed E-state index contributed by atoms with van der Waals surface area (Å²) < 4.78 is 46.3. The van der Waals surface area contributed by atoms with E-state index in [2.05, 4.69) is 0 Å². The molecule has 16 heavy (non-hydrogen) atoms. The molecule has 0 spiro atoms. The third-order valence-electron chi connectivity index (χ3n) is 2.16. The smallest absolute Gasteiger partial charge is 0.207 e. The molecule has 0 aliphatic heterocycles. The van der Waals surface area contributed by atoms with Gasteiger partial charge in [0.05, 0.1) is 5.75 Å². The van der Waals surface area contributed by atoms with Gasteiger partial charge >= 0.3 is 10.2 Å². The largest absolute Gasteiger partial charge is 0.302 e. The quantitative estimate of drug-likeness (QED) is 0.768. The Morgan fingerprint density at radius 2 is 1.69 bits per heavy atom. The molecule has 0 saturated carbocycles. The van der Waals surface area contributed by atoms with Crippen molar-refractivity contribution in [2.75, 3.05) is 5.75 Å². The molecule has 0 radical (unpaired) electrons. The Labute approximate surface area is 94.5 Å². The van der Waals surface area contributed by atoms with Crippen LogP contribution in [0.4, 0.5) is 8.28 Å². The molecule has 0 saturated heterocycles. The van der Waals surface area contributed by atoms with Crippen molar-refractivity contribution >= 4 is 10.2 Å². The first kappa shape index (κ1) is 13.1. The van der Waals surface area contributed by atoms with Crippen LogP contribution in [0.2, 0.25) is 0 Å². The summed E-state index contributed by atoms with van der Waals surface area (Å²) in [6, 6.07) is 5.74. The molecule has 0 unspecified atom stereocenters. The van der Waals surface area contributed by atoms with Gasteiger partial charge in [-0.25, -0.2) is 4.39 Å². The molecule has 0 amide bonds. The van der Waals surface area contributed by atoms with Crippen molar-refractivity contribution in [3.05, 3.63) is 35.6 Å². The molecule has 0 atom stereocenters. The van der Waals surface area contributed by atoms with Crippen molar-refractivity contribution in [3.8, 4) is 0 Å². The summed E-state index contributed by atoms with van der Waals surface area (Å²) in [4.78, 5) is 0. The molecule has 0 fully saturated rings. The Hall–Kier alpha value is -0.970. The topological polar surface area (TPSA) is 34.1 Å². The summed E-state index contributed by atoms with van der Waals surface area (Å²) in [5.74, 6) is -0.878. The van der Waals surface area contributed by atoms with Crippen molar-refractivity contribution in [2.24, 2.45) is 5.41 Å². The van der Waals surface area contributed by atoms with E-state index < -0.39 is 21.4 Å². The van der Waals surface area contributed by atoms with E-state index in [1.54, 1.807) is 26.0 Å². The van der Waals surface area contributed by atoms with E-state index in [0.29, 0.717) is 6.42 Å². The van der Waals surface area contributed by atoms with Crippen LogP contribution in [-0.4, -0.2) is 14.2 Å².